The molecule has 25 heavy (non-hydrogen) atoms. The molecular weight excluding hydrogens is 361 g/mol. The number of carbonyl (C=O) groups excluding carboxylic acids is 1. The minimum Gasteiger partial charge on any atom is -0.393 e. The molecule has 0 radical (unpaired) electrons. The molecule has 0 aromatic heterocycles. The smallest absolute Gasteiger partial charge is 0.237 e. The monoisotopic (exact) mass is 389 g/mol. The van der Waals surface area contributed by atoms with Gasteiger partial charge in [-0.2, -0.15) is 0 Å². The van der Waals surface area contributed by atoms with Gasteiger partial charge in [0.25, 0.3) is 0 Å². The van der Waals surface area contributed by atoms with Crippen LogP contribution in [0.2, 0.25) is 0 Å². The second-order valence-electron chi connectivity index (χ2n) is 6.69. The Morgan fingerprint density at radius 1 is 1.12 bits per heavy atom. The van der Waals surface area contributed by atoms with Crippen LogP contribution in [0.25, 0.3) is 0 Å². The quantitative estimate of drug-likeness (QED) is 0.718. The highest BCUT2D eigenvalue weighted by molar-refractivity contribution is 5.85. The fourth-order valence-electron chi connectivity index (χ4n) is 3.32. The maximum atomic E-state index is 12.0. The van der Waals surface area contributed by atoms with Crippen molar-refractivity contribution in [2.45, 2.75) is 50.9 Å². The molecule has 3 rings (SSSR count). The number of aliphatic hydroxyl groups excluding tert-OH is 1. The van der Waals surface area contributed by atoms with Crippen molar-refractivity contribution in [3.05, 3.63) is 35.4 Å². The predicted octanol–water partition coefficient (Wildman–Crippen LogP) is 1.86. The van der Waals surface area contributed by atoms with Crippen LogP contribution in [-0.4, -0.2) is 47.7 Å². The molecule has 1 aromatic carbocycles. The summed E-state index contributed by atoms with van der Waals surface area (Å²) in [5.74, 6) is 0.110. The van der Waals surface area contributed by atoms with Crippen molar-refractivity contribution in [1.29, 1.82) is 0 Å². The number of aliphatic hydroxyl groups is 1. The van der Waals surface area contributed by atoms with Gasteiger partial charge in [-0.25, -0.2) is 0 Å². The molecule has 1 atom stereocenters. The normalized spacial score (nSPS) is 21.2. The van der Waals surface area contributed by atoms with Crippen LogP contribution in [0.4, 0.5) is 0 Å². The summed E-state index contributed by atoms with van der Waals surface area (Å²) in [6.07, 6.45) is 3.65. The van der Waals surface area contributed by atoms with E-state index in [0.29, 0.717) is 6.54 Å². The van der Waals surface area contributed by atoms with E-state index in [4.69, 9.17) is 0 Å². The summed E-state index contributed by atoms with van der Waals surface area (Å²) in [5.41, 5.74) is 2.42. The first-order valence-electron chi connectivity index (χ1n) is 8.70. The first-order chi connectivity index (χ1) is 11.2. The molecule has 3 N–H and O–H groups in total. The van der Waals surface area contributed by atoms with Crippen LogP contribution in [0.5, 0.6) is 0 Å². The number of hydrogen-bond acceptors (Lipinski definition) is 4. The van der Waals surface area contributed by atoms with Gasteiger partial charge in [0, 0.05) is 26.2 Å². The predicted molar refractivity (Wildman–Crippen MR) is 104 cm³/mol. The number of benzene rings is 1. The van der Waals surface area contributed by atoms with Gasteiger partial charge in [-0.1, -0.05) is 24.3 Å². The van der Waals surface area contributed by atoms with Crippen LogP contribution in [-0.2, 0) is 17.9 Å². The number of nitrogens with zero attached hydrogens (tertiary/aromatic N) is 1. The van der Waals surface area contributed by atoms with Crippen LogP contribution in [0.15, 0.2) is 24.3 Å². The van der Waals surface area contributed by atoms with Crippen LogP contribution < -0.4 is 10.6 Å². The van der Waals surface area contributed by atoms with Gasteiger partial charge in [-0.05, 0) is 43.4 Å². The zero-order valence-corrected chi connectivity index (χ0v) is 16.1. The minimum absolute atomic E-state index is 0. The Morgan fingerprint density at radius 2 is 1.76 bits per heavy atom. The first-order valence-corrected chi connectivity index (χ1v) is 8.70. The molecule has 0 bridgehead atoms. The number of rotatable bonds is 5. The number of piperidine rings is 1. The summed E-state index contributed by atoms with van der Waals surface area (Å²) in [6.45, 7) is 4.40. The maximum absolute atomic E-state index is 12.0. The molecule has 1 amide bonds. The van der Waals surface area contributed by atoms with Crippen molar-refractivity contribution in [2.75, 3.05) is 19.6 Å². The van der Waals surface area contributed by atoms with Gasteiger partial charge in [0.1, 0.15) is 0 Å². The van der Waals surface area contributed by atoms with E-state index < -0.39 is 0 Å². The third-order valence-corrected chi connectivity index (χ3v) is 4.83. The molecule has 2 aliphatic rings. The fourth-order valence-corrected chi connectivity index (χ4v) is 3.32. The second-order valence-corrected chi connectivity index (χ2v) is 6.69. The Balaban J connectivity index is 0.00000156. The minimum atomic E-state index is -0.119. The molecule has 1 aromatic rings. The molecule has 5 nitrogen and oxygen atoms in total. The lowest BCUT2D eigenvalue weighted by atomic mass is 10.1. The third kappa shape index (κ3) is 6.76. The van der Waals surface area contributed by atoms with E-state index in [2.05, 4.69) is 39.8 Å². The zero-order chi connectivity index (χ0) is 16.1. The van der Waals surface area contributed by atoms with Crippen molar-refractivity contribution in [3.63, 3.8) is 0 Å². The summed E-state index contributed by atoms with van der Waals surface area (Å²) in [7, 11) is 0. The average Bonchev–Trinajstić information content (AvgIpc) is 3.11. The van der Waals surface area contributed by atoms with Crippen LogP contribution in [0, 0.1) is 0 Å². The highest BCUT2D eigenvalue weighted by Gasteiger charge is 2.21. The van der Waals surface area contributed by atoms with E-state index in [1.54, 1.807) is 0 Å². The molecular formula is C18H29Cl2N3O2. The van der Waals surface area contributed by atoms with Gasteiger partial charge < -0.3 is 15.7 Å². The van der Waals surface area contributed by atoms with Crippen LogP contribution in [0.3, 0.4) is 0 Å². The molecule has 2 aliphatic heterocycles. The topological polar surface area (TPSA) is 64.6 Å². The van der Waals surface area contributed by atoms with Gasteiger partial charge in [-0.3, -0.25) is 9.69 Å². The lowest BCUT2D eigenvalue weighted by Crippen LogP contribution is -2.40. The van der Waals surface area contributed by atoms with E-state index in [1.807, 2.05) is 0 Å². The molecule has 0 spiro atoms. The zero-order valence-electron chi connectivity index (χ0n) is 14.4. The van der Waals surface area contributed by atoms with E-state index in [0.717, 1.165) is 57.4 Å². The largest absolute Gasteiger partial charge is 0.393 e. The molecule has 0 saturated carbocycles. The standard InChI is InChI=1S/C18H27N3O2.2ClH/c22-16-7-10-21(11-8-16)13-15-5-3-14(4-6-15)12-20-18(23)17-2-1-9-19-17;;/h3-6,16-17,19,22H,1-2,7-13H2,(H,20,23);2*1H/t17-;;/m0../s1. The Hall–Kier alpha value is -0.850. The number of amides is 1. The van der Waals surface area contributed by atoms with Crippen molar-refractivity contribution in [1.82, 2.24) is 15.5 Å². The van der Waals surface area contributed by atoms with Crippen LogP contribution in [0.1, 0.15) is 36.8 Å². The van der Waals surface area contributed by atoms with Gasteiger partial charge >= 0.3 is 0 Å². The first kappa shape index (κ1) is 22.2. The summed E-state index contributed by atoms with van der Waals surface area (Å²) in [6, 6.07) is 8.46. The van der Waals surface area contributed by atoms with E-state index in [-0.39, 0.29) is 42.9 Å². The summed E-state index contributed by atoms with van der Waals surface area (Å²) in [4.78, 5) is 14.4. The lowest BCUT2D eigenvalue weighted by molar-refractivity contribution is -0.122. The van der Waals surface area contributed by atoms with Crippen LogP contribution >= 0.6 is 24.8 Å². The number of likely N-dealkylation sites (tertiary alicyclic amines) is 1. The Labute approximate surface area is 162 Å². The van der Waals surface area contributed by atoms with E-state index in [1.165, 1.54) is 5.56 Å². The highest BCUT2D eigenvalue weighted by atomic mass is 35.5. The molecule has 0 aliphatic carbocycles. The summed E-state index contributed by atoms with van der Waals surface area (Å²) >= 11 is 0. The molecule has 2 heterocycles. The van der Waals surface area contributed by atoms with Crippen molar-refractivity contribution < 1.29 is 9.90 Å². The fraction of sp³-hybridized carbons (Fsp3) is 0.611. The van der Waals surface area contributed by atoms with Gasteiger partial charge in [0.2, 0.25) is 5.91 Å². The van der Waals surface area contributed by atoms with Crippen molar-refractivity contribution in [2.24, 2.45) is 0 Å². The summed E-state index contributed by atoms with van der Waals surface area (Å²) in [5, 5.41) is 15.8. The highest BCUT2D eigenvalue weighted by Crippen LogP contribution is 2.14. The van der Waals surface area contributed by atoms with Gasteiger partial charge in [0.05, 0.1) is 12.1 Å². The molecule has 7 heteroatoms. The Kier molecular flexibility index (Phi) is 9.75. The summed E-state index contributed by atoms with van der Waals surface area (Å²) < 4.78 is 0. The van der Waals surface area contributed by atoms with E-state index in [9.17, 15) is 9.90 Å². The third-order valence-electron chi connectivity index (χ3n) is 4.83. The number of hydrogen-bond donors (Lipinski definition) is 3. The van der Waals surface area contributed by atoms with E-state index >= 15 is 0 Å². The van der Waals surface area contributed by atoms with Gasteiger partial charge in [0.15, 0.2) is 0 Å². The average molecular weight is 390 g/mol. The number of nitrogens with one attached hydrogen (secondary N) is 2. The number of halogens is 2. The molecule has 2 saturated heterocycles. The number of carbonyl (C=O) groups is 1. The molecule has 142 valence electrons. The van der Waals surface area contributed by atoms with Crippen molar-refractivity contribution in [3.8, 4) is 0 Å². The Bertz CT molecular complexity index is 514. The lowest BCUT2D eigenvalue weighted by Gasteiger charge is -2.29. The molecule has 0 unspecified atom stereocenters. The molecule has 2 fully saturated rings. The second kappa shape index (κ2) is 11.0. The van der Waals surface area contributed by atoms with Gasteiger partial charge in [-0.15, -0.1) is 24.8 Å². The SMILES string of the molecule is Cl.Cl.O=C(NCc1ccc(CN2CCC(O)CC2)cc1)[C@@H]1CCCN1. The Morgan fingerprint density at radius 3 is 2.36 bits per heavy atom. The van der Waals surface area contributed by atoms with Crippen molar-refractivity contribution >= 4 is 30.7 Å². The maximum Gasteiger partial charge on any atom is 0.237 e.